The van der Waals surface area contributed by atoms with E-state index in [4.69, 9.17) is 10.3 Å². The van der Waals surface area contributed by atoms with Crippen molar-refractivity contribution in [2.75, 3.05) is 12.3 Å². The summed E-state index contributed by atoms with van der Waals surface area (Å²) in [5.41, 5.74) is -13.6. The molecule has 6 nitrogen and oxygen atoms in total. The summed E-state index contributed by atoms with van der Waals surface area (Å²) in [5.74, 6) is 1.75. The monoisotopic (exact) mass is 1990 g/mol. The summed E-state index contributed by atoms with van der Waals surface area (Å²) in [6.45, 7) is 22.1. The van der Waals surface area contributed by atoms with E-state index in [2.05, 4.69) is 112 Å². The molecule has 2 aromatic rings. The van der Waals surface area contributed by atoms with Crippen LogP contribution in [0.4, 0.5) is 169 Å². The van der Waals surface area contributed by atoms with Gasteiger partial charge in [-0.2, -0.15) is 164 Å². The standard InChI is InChI=1S/C29H41N2.C27H50P2.4C4F9O.Al.Ga.Rh.2H/c1-18(2)24-13-11-14-25(19(3)4)28(24)30-22(9)17-23(10)31-29-26(20(5)6)15-12-16-27(29)21(7)8;1-5-14-24(15-6-1)28(25-16-7-2-8-17-25)22-13-23-29(26-18-9-3-10-19-26)27-20-11-4-12-21-27;4*5-2(6,7)1(14,3(8,9)10)4(11,12)13;;;;;/h11-21H,1-10H3;24-27H,1-23H2;;;;;;;;;/q-1;;4*-1;+3;;+3;2*-1/b22-17-,31-23?;;;;;;;;;;. The van der Waals surface area contributed by atoms with Crippen molar-refractivity contribution in [1.82, 2.24) is 0 Å². The molecule has 2 aromatic carbocycles. The van der Waals surface area contributed by atoms with Crippen LogP contribution >= 0.6 is 15.8 Å². The van der Waals surface area contributed by atoms with Crippen LogP contribution in [0.2, 0.25) is 0 Å². The molecule has 0 bridgehead atoms. The first kappa shape index (κ1) is 121. The molecule has 0 spiro atoms. The van der Waals surface area contributed by atoms with Gasteiger partial charge in [0.25, 0.3) is 0 Å². The molecule has 4 aliphatic rings. The average Bonchev–Trinajstić information content (AvgIpc) is 0.753. The van der Waals surface area contributed by atoms with Gasteiger partial charge in [0.15, 0.2) is 22.4 Å². The molecule has 3 radical (unpaired) electrons. The predicted molar refractivity (Wildman–Crippen MR) is 372 cm³/mol. The summed E-state index contributed by atoms with van der Waals surface area (Å²) >= 11 is 0. The van der Waals surface area contributed by atoms with Gasteiger partial charge in [-0.05, 0) is 134 Å². The Balaban J connectivity index is -0.000000460. The molecular formula is C72H93AlF36GaN2O4P2Rh-. The number of aliphatic imine (C=N–C) groups is 1. The van der Waals surface area contributed by atoms with Crippen molar-refractivity contribution in [2.24, 2.45) is 4.99 Å². The maximum atomic E-state index is 11.3. The van der Waals surface area contributed by atoms with E-state index in [0.29, 0.717) is 39.5 Å². The quantitative estimate of drug-likeness (QED) is 0.0720. The number of halogens is 36. The Labute approximate surface area is 707 Å². The topological polar surface area (TPSA) is 119 Å². The van der Waals surface area contributed by atoms with Gasteiger partial charge in [0.2, 0.25) is 0 Å². The third-order valence-electron chi connectivity index (χ3n) is 19.5. The Morgan fingerprint density at radius 1 is 0.353 bits per heavy atom. The Bertz CT molecular complexity index is 2870. The molecule has 6 rings (SSSR count). The van der Waals surface area contributed by atoms with Gasteiger partial charge in [-0.1, -0.05) is 193 Å². The van der Waals surface area contributed by atoms with Gasteiger partial charge in [-0.3, -0.25) is 4.99 Å². The normalized spacial score (nSPS) is 17.5. The number of hydrogen-bond acceptors (Lipinski definition) is 5. The van der Waals surface area contributed by atoms with Crippen molar-refractivity contribution in [1.29, 1.82) is 0 Å². The second kappa shape index (κ2) is 47.1. The van der Waals surface area contributed by atoms with Crippen LogP contribution in [0.1, 0.15) is 253 Å². The average molecular weight is 2000 g/mol. The van der Waals surface area contributed by atoms with Crippen molar-refractivity contribution < 1.29 is 201 Å². The largest absolute Gasteiger partial charge is 3.00 e. The summed E-state index contributed by atoms with van der Waals surface area (Å²) < 4.78 is 408. The fourth-order valence-electron chi connectivity index (χ4n) is 13.3. The van der Waals surface area contributed by atoms with Gasteiger partial charge in [0.05, 0.1) is 5.69 Å². The van der Waals surface area contributed by atoms with Crippen molar-refractivity contribution in [3.05, 3.63) is 75.7 Å². The molecule has 119 heavy (non-hydrogen) atoms. The fourth-order valence-corrected chi connectivity index (χ4v) is 21.4. The molecular weight excluding hydrogens is 1900 g/mol. The second-order valence-corrected chi connectivity index (χ2v) is 35.4. The molecule has 4 aliphatic carbocycles. The maximum absolute atomic E-state index is 11.3. The molecule has 0 heterocycles. The van der Waals surface area contributed by atoms with Crippen LogP contribution in [0.5, 0.6) is 0 Å². The van der Waals surface area contributed by atoms with E-state index in [9.17, 15) is 178 Å². The molecule has 4 saturated carbocycles. The fraction of sp³-hybridized carbons (Fsp3) is 0.792. The van der Waals surface area contributed by atoms with E-state index >= 15 is 0 Å². The summed E-state index contributed by atoms with van der Waals surface area (Å²) in [7, 11) is 0.696. The SMILES string of the molecule is C1CCC(P(CCCP(C2CCCCC2)C2CCCCC2)C2CCCCC2)CC1.CC(/C=C(/C)[N-]c1c(C(C)C)cccc1C(C)C)=Nc1c(C(C)C)cccc1C(C)C.[Al+3].[Ga].[H-].[H-].[O-]C(C(F)(F)F)(C(F)(F)F)C(F)(F)F.[O-]C(C(F)(F)F)(C(F)(F)F)C(F)(F)F.[O-]C(C(F)(F)F)(C(F)(F)F)C(F)(F)F.[O-]C(C(F)(F)F)(C(F)(F)F)C(F)(F)F.[Rh+3]. The van der Waals surface area contributed by atoms with E-state index < -0.39 is 96.5 Å². The van der Waals surface area contributed by atoms with Crippen molar-refractivity contribution in [3.63, 3.8) is 0 Å². The minimum Gasteiger partial charge on any atom is -1.00 e. The molecule has 0 aliphatic heterocycles. The molecule has 0 unspecified atom stereocenters. The molecule has 0 aromatic heterocycles. The zero-order chi connectivity index (χ0) is 91.0. The third kappa shape index (κ3) is 32.1. The summed E-state index contributed by atoms with van der Waals surface area (Å²) in [6.07, 6.45) is -45.1. The van der Waals surface area contributed by atoms with Gasteiger partial charge in [0.1, 0.15) is 0 Å². The van der Waals surface area contributed by atoms with Gasteiger partial charge >= 0.3 is 111 Å². The molecule has 4 fully saturated rings. The second-order valence-electron chi connectivity index (χ2n) is 29.5. The molecule has 0 amide bonds. The number of hydrogen-bond donors (Lipinski definition) is 0. The first-order valence-electron chi connectivity index (χ1n) is 36.3. The number of rotatable bonds is 16. The number of alkyl halides is 36. The van der Waals surface area contributed by atoms with E-state index in [1.165, 1.54) is 44.9 Å². The van der Waals surface area contributed by atoms with Gasteiger partial charge in [-0.15, -0.1) is 21.5 Å². The summed E-state index contributed by atoms with van der Waals surface area (Å²) in [4.78, 5) is 5.08. The first-order valence-corrected chi connectivity index (χ1v) is 39.6. The number of benzene rings is 2. The molecule has 0 saturated heterocycles. The van der Waals surface area contributed by atoms with E-state index in [0.717, 1.165) is 22.8 Å². The number of allylic oxidation sites excluding steroid dienone is 2. The van der Waals surface area contributed by atoms with E-state index in [1.807, 2.05) is 0 Å². The van der Waals surface area contributed by atoms with Crippen LogP contribution in [0.25, 0.3) is 5.32 Å². The molecule has 47 heteroatoms. The van der Waals surface area contributed by atoms with Crippen LogP contribution in [0.3, 0.4) is 0 Å². The van der Waals surface area contributed by atoms with Gasteiger partial charge in [0, 0.05) is 25.5 Å². The van der Waals surface area contributed by atoms with Crippen LogP contribution in [0, 0.1) is 0 Å². The Morgan fingerprint density at radius 2 is 0.529 bits per heavy atom. The minimum atomic E-state index is -6.98. The molecule has 693 valence electrons. The Kier molecular flexibility index (Phi) is 47.8. The van der Waals surface area contributed by atoms with Crippen molar-refractivity contribution in [2.45, 2.75) is 347 Å². The smallest absolute Gasteiger partial charge is 1.00 e. The van der Waals surface area contributed by atoms with E-state index in [1.54, 1.807) is 147 Å². The molecule has 0 atom stereocenters. The van der Waals surface area contributed by atoms with E-state index in [-0.39, 0.29) is 59.5 Å². The Morgan fingerprint density at radius 3 is 0.689 bits per heavy atom. The van der Waals surface area contributed by atoms with Crippen LogP contribution in [-0.2, 0) is 19.5 Å². The zero-order valence-corrected chi connectivity index (χ0v) is 72.4. The van der Waals surface area contributed by atoms with Gasteiger partial charge < -0.3 is 28.6 Å². The van der Waals surface area contributed by atoms with Crippen molar-refractivity contribution >= 4 is 70.1 Å². The third-order valence-corrected chi connectivity index (χ3v) is 27.0. The number of nitrogens with zero attached hydrogens (tertiary/aromatic N) is 2. The molecule has 0 N–H and O–H groups in total. The predicted octanol–water partition coefficient (Wildman–Crippen LogP) is 26.1. The summed E-state index contributed by atoms with van der Waals surface area (Å²) in [6, 6.07) is 13.1. The first-order chi connectivity index (χ1) is 51.9. The van der Waals surface area contributed by atoms with Crippen LogP contribution < -0.4 is 20.4 Å². The van der Waals surface area contributed by atoms with Gasteiger partial charge in [-0.25, -0.2) is 0 Å². The number of para-hydroxylation sites is 2. The van der Waals surface area contributed by atoms with Crippen molar-refractivity contribution in [3.8, 4) is 0 Å². The van der Waals surface area contributed by atoms with Crippen LogP contribution in [0.15, 0.2) is 53.2 Å². The maximum Gasteiger partial charge on any atom is 3.00 e. The summed E-state index contributed by atoms with van der Waals surface area (Å²) in [5, 5.41) is 44.2. The Hall–Kier alpha value is -2.38. The zero-order valence-electron chi connectivity index (χ0n) is 67.4. The minimum absolute atomic E-state index is 0. The van der Waals surface area contributed by atoms with Crippen LogP contribution in [-0.4, -0.2) is 174 Å².